The molecule has 0 saturated carbocycles. The lowest BCUT2D eigenvalue weighted by Crippen LogP contribution is -2.64. The summed E-state index contributed by atoms with van der Waals surface area (Å²) in [5, 5.41) is 90.4. The highest BCUT2D eigenvalue weighted by molar-refractivity contribution is 8.00. The first-order chi connectivity index (χ1) is 31.7. The summed E-state index contributed by atoms with van der Waals surface area (Å²) in [5.41, 5.74) is -2.68. The van der Waals surface area contributed by atoms with E-state index < -0.39 is 86.5 Å². The summed E-state index contributed by atoms with van der Waals surface area (Å²) < 4.78 is 79.9. The number of carbonyl (C=O) groups excluding carboxylic acids is 2. The lowest BCUT2D eigenvalue weighted by molar-refractivity contribution is -0.358. The van der Waals surface area contributed by atoms with Gasteiger partial charge < -0.3 is 89.7 Å². The molecule has 0 aliphatic carbocycles. The zero-order valence-electron chi connectivity index (χ0n) is 35.5. The van der Waals surface area contributed by atoms with Gasteiger partial charge in [0.2, 0.25) is 5.91 Å². The topological polar surface area (TPSA) is 323 Å². The van der Waals surface area contributed by atoms with E-state index in [9.17, 15) is 58.5 Å². The van der Waals surface area contributed by atoms with Crippen molar-refractivity contribution in [1.82, 2.24) is 16.0 Å². The molecule has 23 nitrogen and oxygen atoms in total. The molecule has 0 spiro atoms. The maximum Gasteiger partial charge on any atom is 0.442 e. The molecule has 27 heteroatoms. The van der Waals surface area contributed by atoms with E-state index in [0.29, 0.717) is 23.8 Å². The molecule has 2 unspecified atom stereocenters. The van der Waals surface area contributed by atoms with Crippen LogP contribution in [0.4, 0.5) is 18.0 Å². The molecule has 0 bridgehead atoms. The maximum atomic E-state index is 13.8. The van der Waals surface area contributed by atoms with Crippen LogP contribution in [0.5, 0.6) is 5.75 Å². The van der Waals surface area contributed by atoms with Gasteiger partial charge in [-0.1, -0.05) is 23.7 Å². The Morgan fingerprint density at radius 1 is 0.924 bits per heavy atom. The summed E-state index contributed by atoms with van der Waals surface area (Å²) in [6, 6.07) is 3.86. The van der Waals surface area contributed by atoms with Crippen LogP contribution in [0.2, 0.25) is 0 Å². The van der Waals surface area contributed by atoms with Crippen molar-refractivity contribution in [3.8, 4) is 5.75 Å². The van der Waals surface area contributed by atoms with Crippen molar-refractivity contribution in [2.45, 2.75) is 123 Å². The molecule has 13 atom stereocenters. The van der Waals surface area contributed by atoms with Gasteiger partial charge in [0, 0.05) is 35.1 Å². The molecule has 5 aliphatic rings. The number of nitrogens with zero attached hydrogens (tertiary/aromatic N) is 3. The number of aliphatic hydroxyl groups is 7. The first-order valence-electron chi connectivity index (χ1n) is 21.4. The van der Waals surface area contributed by atoms with E-state index in [1.807, 2.05) is 11.8 Å². The van der Waals surface area contributed by atoms with Crippen LogP contribution in [0.3, 0.4) is 0 Å². The highest BCUT2D eigenvalue weighted by Crippen LogP contribution is 2.53. The summed E-state index contributed by atoms with van der Waals surface area (Å²) in [7, 11) is 0. The minimum Gasteiger partial charge on any atom is -0.491 e. The van der Waals surface area contributed by atoms with E-state index in [1.54, 1.807) is 0 Å². The van der Waals surface area contributed by atoms with Crippen LogP contribution in [0.1, 0.15) is 36.8 Å². The Balaban J connectivity index is 0.872. The monoisotopic (exact) mass is 970 g/mol. The van der Waals surface area contributed by atoms with Crippen LogP contribution in [0.25, 0.3) is 0 Å². The third-order valence-corrected chi connectivity index (χ3v) is 12.8. The lowest BCUT2D eigenvalue weighted by Gasteiger charge is -2.45. The normalized spacial score (nSPS) is 32.5. The predicted octanol–water partition coefficient (Wildman–Crippen LogP) is -1.74. The average molecular weight is 971 g/mol. The Kier molecular flexibility index (Phi) is 19.0. The second-order valence-corrected chi connectivity index (χ2v) is 17.2. The van der Waals surface area contributed by atoms with Crippen molar-refractivity contribution in [1.29, 1.82) is 0 Å². The number of halogens is 3. The van der Waals surface area contributed by atoms with Gasteiger partial charge >= 0.3 is 17.9 Å². The number of benzene rings is 1. The van der Waals surface area contributed by atoms with Crippen LogP contribution < -0.4 is 20.7 Å². The van der Waals surface area contributed by atoms with Crippen LogP contribution in [0.15, 0.2) is 33.6 Å². The van der Waals surface area contributed by atoms with Crippen LogP contribution in [-0.2, 0) is 50.3 Å². The van der Waals surface area contributed by atoms with Crippen molar-refractivity contribution < 1.29 is 96.5 Å². The van der Waals surface area contributed by atoms with E-state index in [1.165, 1.54) is 12.1 Å². The molecule has 1 aromatic carbocycles. The predicted molar refractivity (Wildman–Crippen MR) is 219 cm³/mol. The van der Waals surface area contributed by atoms with Crippen molar-refractivity contribution in [2.24, 2.45) is 15.4 Å². The summed E-state index contributed by atoms with van der Waals surface area (Å²) in [6.07, 6.45) is -17.0. The average Bonchev–Trinajstić information content (AvgIpc) is 3.94. The standard InChI is InChI=1S/C39H57F3N6O17S/c40-39(41,42)38(47-48-38)21-6-5-20(18-62-44-8-10-61-35-33(56)31(54)34(25(17-50)64-35)65-36-32(55)30(53)29(52)24(16-49)63-36)23(15-21)60-14-13-59-12-11-58-9-7-43-27(51)4-2-1-3-26-28-22(19-66-26)45-37(57)46-28/h5-6,8,15,22,24-26,28-36,49-50,52-56H,1-4,7,9-14,16-19H2,(H,43,51)(H2,45,46,57)/b44-8+/t22?,24-,25-,26+,28?,29+,30+,31-,32-,33-,34-,35-,36+/m1/s1. The van der Waals surface area contributed by atoms with Crippen molar-refractivity contribution in [2.75, 3.05) is 65.2 Å². The summed E-state index contributed by atoms with van der Waals surface area (Å²) >= 11 is 1.84. The third-order valence-electron chi connectivity index (χ3n) is 11.3. The number of thioether (sulfide) groups is 1. The molecule has 372 valence electrons. The van der Waals surface area contributed by atoms with Crippen molar-refractivity contribution in [3.05, 3.63) is 29.3 Å². The number of alkyl halides is 3. The molecular weight excluding hydrogens is 914 g/mol. The smallest absolute Gasteiger partial charge is 0.442 e. The third kappa shape index (κ3) is 13.2. The number of amides is 3. The summed E-state index contributed by atoms with van der Waals surface area (Å²) in [5.74, 6) is 0.833. The maximum absolute atomic E-state index is 13.8. The van der Waals surface area contributed by atoms with Crippen molar-refractivity contribution >= 4 is 29.9 Å². The number of aliphatic hydroxyl groups excluding tert-OH is 7. The van der Waals surface area contributed by atoms with Gasteiger partial charge in [-0.15, -0.1) is 10.2 Å². The number of hydrogen-bond acceptors (Lipinski definition) is 21. The van der Waals surface area contributed by atoms with Crippen LogP contribution >= 0.6 is 11.8 Å². The van der Waals surface area contributed by atoms with Crippen molar-refractivity contribution in [3.63, 3.8) is 0 Å². The largest absolute Gasteiger partial charge is 0.491 e. The molecule has 3 amide bonds. The number of hydrogen-bond donors (Lipinski definition) is 10. The number of rotatable bonds is 26. The molecule has 1 aromatic rings. The first-order valence-corrected chi connectivity index (χ1v) is 22.4. The number of oxime groups is 1. The molecule has 5 aliphatic heterocycles. The van der Waals surface area contributed by atoms with Crippen LogP contribution in [-0.4, -0.2) is 204 Å². The zero-order valence-corrected chi connectivity index (χ0v) is 36.3. The van der Waals surface area contributed by atoms with Gasteiger partial charge in [0.1, 0.15) is 67.8 Å². The van der Waals surface area contributed by atoms with E-state index in [0.717, 1.165) is 37.3 Å². The van der Waals surface area contributed by atoms with Gasteiger partial charge in [0.25, 0.3) is 0 Å². The molecule has 0 aromatic heterocycles. The molecule has 10 N–H and O–H groups in total. The molecule has 4 saturated heterocycles. The second kappa shape index (κ2) is 24.1. The van der Waals surface area contributed by atoms with Gasteiger partial charge in [-0.05, 0) is 18.9 Å². The molecule has 0 radical (unpaired) electrons. The Hall–Kier alpha value is -3.55. The summed E-state index contributed by atoms with van der Waals surface area (Å²) in [6.45, 7) is -1.22. The SMILES string of the molecule is O=C(CCCC[C@@H]1SCC2NC(=O)NC21)NCCOCCOCCOc1cc(C2(C(F)(F)F)N=N2)ccc1CO/N=C/CO[C@@H]1O[C@H](CO)[C@@H](O[C@@H]2O[C@H](CO)[C@H](O)[C@H](O)[C@H]2O)[C@H](O)[C@H]1O. The number of unbranched alkanes of at least 4 members (excludes halogenated alkanes) is 1. The summed E-state index contributed by atoms with van der Waals surface area (Å²) in [4.78, 5) is 29.0. The quantitative estimate of drug-likeness (QED) is 0.0213. The molecular formula is C39H57F3N6O17S. The van der Waals surface area contributed by atoms with E-state index in [-0.39, 0.29) is 81.6 Å². The van der Waals surface area contributed by atoms with Gasteiger partial charge in [0.15, 0.2) is 12.6 Å². The lowest BCUT2D eigenvalue weighted by atomic mass is 9.97. The highest BCUT2D eigenvalue weighted by atomic mass is 32.2. The van der Waals surface area contributed by atoms with Gasteiger partial charge in [-0.25, -0.2) is 4.79 Å². The fourth-order valence-electron chi connectivity index (χ4n) is 7.65. The van der Waals surface area contributed by atoms with Gasteiger partial charge in [-0.2, -0.15) is 24.9 Å². The zero-order chi connectivity index (χ0) is 47.4. The molecule has 4 fully saturated rings. The molecule has 6 rings (SSSR count). The Morgan fingerprint density at radius 2 is 1.64 bits per heavy atom. The number of ether oxygens (including phenoxy) is 7. The minimum atomic E-state index is -4.78. The van der Waals surface area contributed by atoms with Gasteiger partial charge in [-0.3, -0.25) is 4.79 Å². The molecule has 66 heavy (non-hydrogen) atoms. The number of nitrogens with one attached hydrogen (secondary N) is 3. The highest BCUT2D eigenvalue weighted by Gasteiger charge is 2.65. The molecule has 5 heterocycles. The Morgan fingerprint density at radius 3 is 2.36 bits per heavy atom. The van der Waals surface area contributed by atoms with Crippen LogP contribution in [0, 0.1) is 0 Å². The second-order valence-electron chi connectivity index (χ2n) is 15.9. The first kappa shape index (κ1) is 51.8. The number of fused-ring (bicyclic) bond motifs is 1. The Labute approximate surface area is 380 Å². The Bertz CT molecular complexity index is 1780. The van der Waals surface area contributed by atoms with E-state index >= 15 is 0 Å². The van der Waals surface area contributed by atoms with E-state index in [2.05, 4.69) is 31.3 Å². The minimum absolute atomic E-state index is 0.0180. The number of carbonyl (C=O) groups is 2. The fourth-order valence-corrected chi connectivity index (χ4v) is 9.19. The van der Waals surface area contributed by atoms with Gasteiger partial charge in [0.05, 0.1) is 64.5 Å². The number of urea groups is 1. The van der Waals surface area contributed by atoms with E-state index in [4.69, 9.17) is 38.0 Å². The fraction of sp³-hybridized carbons (Fsp3) is 0.769.